The number of hydrogen-bond donors (Lipinski definition) is 2. The Morgan fingerprint density at radius 1 is 1.50 bits per heavy atom. The average molecular weight is 298 g/mol. The molecule has 2 rings (SSSR count). The lowest BCUT2D eigenvalue weighted by Crippen LogP contribution is -2.29. The van der Waals surface area contributed by atoms with Gasteiger partial charge in [0, 0.05) is 22.5 Å². The highest BCUT2D eigenvalue weighted by molar-refractivity contribution is 9.10. The highest BCUT2D eigenvalue weighted by atomic mass is 79.9. The zero-order chi connectivity index (χ0) is 11.4. The molecule has 0 aliphatic carbocycles. The predicted molar refractivity (Wildman–Crippen MR) is 70.0 cm³/mol. The molecule has 0 saturated heterocycles. The Morgan fingerprint density at radius 2 is 2.38 bits per heavy atom. The van der Waals surface area contributed by atoms with E-state index in [1.54, 1.807) is 11.3 Å². The fourth-order valence-corrected chi connectivity index (χ4v) is 2.61. The molecule has 1 atom stereocenters. The largest absolute Gasteiger partial charge is 0.271 e. The Hall–Kier alpha value is -0.750. The topological polar surface area (TPSA) is 50.9 Å². The van der Waals surface area contributed by atoms with Crippen molar-refractivity contribution in [2.75, 3.05) is 0 Å². The third-order valence-corrected chi connectivity index (χ3v) is 3.61. The molecule has 5 heteroatoms. The Bertz CT molecular complexity index is 444. The Balaban J connectivity index is 2.16. The van der Waals surface area contributed by atoms with Gasteiger partial charge < -0.3 is 0 Å². The monoisotopic (exact) mass is 297 g/mol. The lowest BCUT2D eigenvalue weighted by Gasteiger charge is -2.15. The van der Waals surface area contributed by atoms with E-state index in [9.17, 15) is 0 Å². The maximum absolute atomic E-state index is 5.58. The van der Waals surface area contributed by atoms with Crippen molar-refractivity contribution in [3.05, 3.63) is 50.9 Å². The number of rotatable bonds is 4. The van der Waals surface area contributed by atoms with Crippen LogP contribution in [0.5, 0.6) is 0 Å². The number of nitrogens with one attached hydrogen (secondary N) is 1. The van der Waals surface area contributed by atoms with Gasteiger partial charge in [0.05, 0.1) is 11.0 Å². The van der Waals surface area contributed by atoms with E-state index in [1.165, 1.54) is 0 Å². The summed E-state index contributed by atoms with van der Waals surface area (Å²) < 4.78 is 1.06. The standard InChI is InChI=1S/C11H12BrN3S/c12-9-3-1-2-8(6-9)10(15-13)7-11-14-4-5-16-11/h1-6,10,15H,7,13H2. The van der Waals surface area contributed by atoms with E-state index in [-0.39, 0.29) is 6.04 Å². The van der Waals surface area contributed by atoms with Crippen LogP contribution in [0.4, 0.5) is 0 Å². The maximum Gasteiger partial charge on any atom is 0.0944 e. The number of benzene rings is 1. The van der Waals surface area contributed by atoms with Gasteiger partial charge in [-0.25, -0.2) is 4.98 Å². The SMILES string of the molecule is NNC(Cc1nccs1)c1cccc(Br)c1. The first-order valence-corrected chi connectivity index (χ1v) is 6.57. The predicted octanol–water partition coefficient (Wildman–Crippen LogP) is 2.65. The molecule has 0 saturated carbocycles. The zero-order valence-electron chi connectivity index (χ0n) is 8.56. The molecule has 0 aliphatic heterocycles. The van der Waals surface area contributed by atoms with E-state index in [0.717, 1.165) is 21.5 Å². The van der Waals surface area contributed by atoms with Crippen LogP contribution in [-0.2, 0) is 6.42 Å². The van der Waals surface area contributed by atoms with Gasteiger partial charge in [0.1, 0.15) is 0 Å². The van der Waals surface area contributed by atoms with Crippen LogP contribution in [-0.4, -0.2) is 4.98 Å². The molecule has 84 valence electrons. The molecule has 1 heterocycles. The highest BCUT2D eigenvalue weighted by Crippen LogP contribution is 2.21. The Morgan fingerprint density at radius 3 is 3.00 bits per heavy atom. The number of thiazole rings is 1. The van der Waals surface area contributed by atoms with Crippen molar-refractivity contribution < 1.29 is 0 Å². The van der Waals surface area contributed by atoms with Gasteiger partial charge in [-0.15, -0.1) is 11.3 Å². The summed E-state index contributed by atoms with van der Waals surface area (Å²) in [5.41, 5.74) is 3.99. The molecule has 0 amide bonds. The molecular formula is C11H12BrN3S. The number of aromatic nitrogens is 1. The van der Waals surface area contributed by atoms with Gasteiger partial charge in [0.2, 0.25) is 0 Å². The molecule has 0 fully saturated rings. The number of hydrogen-bond acceptors (Lipinski definition) is 4. The average Bonchev–Trinajstić information content (AvgIpc) is 2.78. The van der Waals surface area contributed by atoms with Crippen molar-refractivity contribution in [1.29, 1.82) is 0 Å². The lowest BCUT2D eigenvalue weighted by atomic mass is 10.1. The normalized spacial score (nSPS) is 12.6. The minimum Gasteiger partial charge on any atom is -0.271 e. The summed E-state index contributed by atoms with van der Waals surface area (Å²) in [5, 5.41) is 3.06. The van der Waals surface area contributed by atoms with E-state index >= 15 is 0 Å². The molecule has 0 spiro atoms. The van der Waals surface area contributed by atoms with E-state index < -0.39 is 0 Å². The molecule has 3 nitrogen and oxygen atoms in total. The summed E-state index contributed by atoms with van der Waals surface area (Å²) >= 11 is 5.10. The summed E-state index contributed by atoms with van der Waals surface area (Å²) in [6, 6.07) is 8.23. The third kappa shape index (κ3) is 2.89. The lowest BCUT2D eigenvalue weighted by molar-refractivity contribution is 0.550. The van der Waals surface area contributed by atoms with Gasteiger partial charge >= 0.3 is 0 Å². The minimum absolute atomic E-state index is 0.101. The third-order valence-electron chi connectivity index (χ3n) is 2.31. The van der Waals surface area contributed by atoms with Crippen molar-refractivity contribution in [2.24, 2.45) is 5.84 Å². The van der Waals surface area contributed by atoms with Crippen molar-refractivity contribution >= 4 is 27.3 Å². The second-order valence-corrected chi connectivity index (χ2v) is 5.30. The van der Waals surface area contributed by atoms with Crippen LogP contribution in [0.15, 0.2) is 40.3 Å². The quantitative estimate of drug-likeness (QED) is 0.674. The van der Waals surface area contributed by atoms with Crippen molar-refractivity contribution in [2.45, 2.75) is 12.5 Å². The van der Waals surface area contributed by atoms with Crippen LogP contribution >= 0.6 is 27.3 Å². The van der Waals surface area contributed by atoms with Crippen LogP contribution in [0, 0.1) is 0 Å². The Kier molecular flexibility index (Phi) is 4.06. The summed E-state index contributed by atoms with van der Waals surface area (Å²) in [5.74, 6) is 5.58. The van der Waals surface area contributed by atoms with Crippen molar-refractivity contribution in [1.82, 2.24) is 10.4 Å². The molecule has 16 heavy (non-hydrogen) atoms. The van der Waals surface area contributed by atoms with Gasteiger partial charge in [0.15, 0.2) is 0 Å². The minimum atomic E-state index is 0.101. The molecule has 0 bridgehead atoms. The first-order valence-electron chi connectivity index (χ1n) is 4.89. The van der Waals surface area contributed by atoms with Crippen LogP contribution in [0.3, 0.4) is 0 Å². The first-order chi connectivity index (χ1) is 7.79. The van der Waals surface area contributed by atoms with E-state index in [1.807, 2.05) is 23.7 Å². The molecule has 1 unspecified atom stereocenters. The summed E-state index contributed by atoms with van der Waals surface area (Å²) in [6.45, 7) is 0. The summed E-state index contributed by atoms with van der Waals surface area (Å²) in [7, 11) is 0. The molecule has 1 aromatic heterocycles. The Labute approximate surface area is 107 Å². The molecular weight excluding hydrogens is 286 g/mol. The fourth-order valence-electron chi connectivity index (χ4n) is 1.52. The second-order valence-electron chi connectivity index (χ2n) is 3.40. The number of nitrogens with zero attached hydrogens (tertiary/aromatic N) is 1. The van der Waals surface area contributed by atoms with Gasteiger partial charge in [-0.1, -0.05) is 28.1 Å². The fraction of sp³-hybridized carbons (Fsp3) is 0.182. The maximum atomic E-state index is 5.58. The molecule has 0 radical (unpaired) electrons. The van der Waals surface area contributed by atoms with E-state index in [4.69, 9.17) is 5.84 Å². The first kappa shape index (κ1) is 11.7. The number of hydrazine groups is 1. The summed E-state index contributed by atoms with van der Waals surface area (Å²) in [4.78, 5) is 4.26. The van der Waals surface area contributed by atoms with Gasteiger partial charge in [0.25, 0.3) is 0 Å². The van der Waals surface area contributed by atoms with Crippen molar-refractivity contribution in [3.8, 4) is 0 Å². The second kappa shape index (κ2) is 5.54. The molecule has 3 N–H and O–H groups in total. The van der Waals surface area contributed by atoms with Crippen molar-refractivity contribution in [3.63, 3.8) is 0 Å². The van der Waals surface area contributed by atoms with Crippen LogP contribution in [0.25, 0.3) is 0 Å². The molecule has 2 aromatic rings. The van der Waals surface area contributed by atoms with Crippen LogP contribution in [0.2, 0.25) is 0 Å². The van der Waals surface area contributed by atoms with Gasteiger partial charge in [-0.05, 0) is 17.7 Å². The van der Waals surface area contributed by atoms with E-state index in [0.29, 0.717) is 0 Å². The van der Waals surface area contributed by atoms with Gasteiger partial charge in [-0.2, -0.15) is 0 Å². The number of halogens is 1. The van der Waals surface area contributed by atoms with Crippen LogP contribution in [0.1, 0.15) is 16.6 Å². The molecule has 0 aliphatic rings. The molecule has 1 aromatic carbocycles. The van der Waals surface area contributed by atoms with E-state index in [2.05, 4.69) is 38.5 Å². The van der Waals surface area contributed by atoms with Gasteiger partial charge in [-0.3, -0.25) is 11.3 Å². The zero-order valence-corrected chi connectivity index (χ0v) is 11.0. The number of nitrogens with two attached hydrogens (primary N) is 1. The van der Waals surface area contributed by atoms with Crippen LogP contribution < -0.4 is 11.3 Å². The highest BCUT2D eigenvalue weighted by Gasteiger charge is 2.11. The summed E-state index contributed by atoms with van der Waals surface area (Å²) in [6.07, 6.45) is 2.62. The smallest absolute Gasteiger partial charge is 0.0944 e.